The van der Waals surface area contributed by atoms with Gasteiger partial charge in [0.05, 0.1) is 11.5 Å². The third kappa shape index (κ3) is 1.32. The predicted octanol–water partition coefficient (Wildman–Crippen LogP) is 1.57. The first-order valence-corrected chi connectivity index (χ1v) is 6.25. The van der Waals surface area contributed by atoms with E-state index in [4.69, 9.17) is 5.11 Å². The summed E-state index contributed by atoms with van der Waals surface area (Å²) in [6.07, 6.45) is 0. The average Bonchev–Trinajstić information content (AvgIpc) is 2.40. The molecule has 14 heavy (non-hydrogen) atoms. The number of benzene rings is 1. The zero-order valence-electron chi connectivity index (χ0n) is 7.07. The van der Waals surface area contributed by atoms with Crippen molar-refractivity contribution in [3.63, 3.8) is 0 Å². The first kappa shape index (κ1) is 9.89. The Labute approximate surface area is 90.1 Å². The van der Waals surface area contributed by atoms with Gasteiger partial charge in [0.25, 0.3) is 0 Å². The molecule has 0 unspecified atom stereocenters. The van der Waals surface area contributed by atoms with Crippen molar-refractivity contribution in [3.05, 3.63) is 33.6 Å². The summed E-state index contributed by atoms with van der Waals surface area (Å²) in [7, 11) is -3.34. The molecule has 0 radical (unpaired) electrons. The number of sulfone groups is 1. The molecule has 0 aromatic heterocycles. The Morgan fingerprint density at radius 3 is 2.71 bits per heavy atom. The van der Waals surface area contributed by atoms with Crippen molar-refractivity contribution >= 4 is 31.3 Å². The van der Waals surface area contributed by atoms with E-state index in [1.165, 1.54) is 6.07 Å². The number of aliphatic hydroxyl groups excluding tert-OH is 1. The molecule has 3 nitrogen and oxygen atoms in total. The smallest absolute Gasteiger partial charge is 0.200 e. The second-order valence-corrected chi connectivity index (χ2v) is 5.58. The molecule has 74 valence electrons. The Bertz CT molecular complexity index is 517. The lowest BCUT2D eigenvalue weighted by Gasteiger charge is -2.03. The minimum absolute atomic E-state index is 0.260. The molecule has 1 heterocycles. The van der Waals surface area contributed by atoms with E-state index in [2.05, 4.69) is 15.9 Å². The molecule has 0 amide bonds. The van der Waals surface area contributed by atoms with Crippen LogP contribution in [0.1, 0.15) is 5.56 Å². The third-order valence-corrected chi connectivity index (χ3v) is 4.28. The molecule has 0 aliphatic carbocycles. The maximum Gasteiger partial charge on any atom is 0.200 e. The second-order valence-electron chi connectivity index (χ2n) is 2.96. The molecular formula is C9H7BrO3S. The highest BCUT2D eigenvalue weighted by Crippen LogP contribution is 2.37. The minimum Gasteiger partial charge on any atom is -0.392 e. The van der Waals surface area contributed by atoms with Crippen LogP contribution in [0.25, 0.3) is 5.57 Å². The molecule has 5 heteroatoms. The van der Waals surface area contributed by atoms with Crippen LogP contribution in [-0.4, -0.2) is 20.1 Å². The Balaban J connectivity index is 2.82. The van der Waals surface area contributed by atoms with Gasteiger partial charge in [0.15, 0.2) is 0 Å². The van der Waals surface area contributed by atoms with E-state index in [9.17, 15) is 8.42 Å². The average molecular weight is 275 g/mol. The standard InChI is InChI=1S/C9H7BrO3S/c10-7-2-1-3-8-9(7)6(4-11)5-14(8,12)13/h1-3,5,11H,4H2. The van der Waals surface area contributed by atoms with Crippen LogP contribution in [0.4, 0.5) is 0 Å². The molecule has 0 spiro atoms. The molecular weight excluding hydrogens is 268 g/mol. The summed E-state index contributed by atoms with van der Waals surface area (Å²) in [5.41, 5.74) is 1.02. The lowest BCUT2D eigenvalue weighted by molar-refractivity contribution is 0.350. The summed E-state index contributed by atoms with van der Waals surface area (Å²) < 4.78 is 23.8. The van der Waals surface area contributed by atoms with Gasteiger partial charge in [-0.15, -0.1) is 0 Å². The van der Waals surface area contributed by atoms with Crippen LogP contribution in [0.3, 0.4) is 0 Å². The quantitative estimate of drug-likeness (QED) is 0.846. The monoisotopic (exact) mass is 274 g/mol. The number of hydrogen-bond donors (Lipinski definition) is 1. The Morgan fingerprint density at radius 1 is 1.36 bits per heavy atom. The van der Waals surface area contributed by atoms with Crippen molar-refractivity contribution in [2.45, 2.75) is 4.90 Å². The van der Waals surface area contributed by atoms with Gasteiger partial charge in [0.1, 0.15) is 0 Å². The van der Waals surface area contributed by atoms with Crippen molar-refractivity contribution in [1.29, 1.82) is 0 Å². The lowest BCUT2D eigenvalue weighted by atomic mass is 10.1. The van der Waals surface area contributed by atoms with E-state index >= 15 is 0 Å². The first-order chi connectivity index (χ1) is 6.56. The molecule has 1 aliphatic rings. The Morgan fingerprint density at radius 2 is 2.07 bits per heavy atom. The highest BCUT2D eigenvalue weighted by Gasteiger charge is 2.27. The van der Waals surface area contributed by atoms with Gasteiger partial charge in [-0.2, -0.15) is 0 Å². The second kappa shape index (κ2) is 3.18. The summed E-state index contributed by atoms with van der Waals surface area (Å²) >= 11 is 3.26. The van der Waals surface area contributed by atoms with E-state index in [-0.39, 0.29) is 11.5 Å². The van der Waals surface area contributed by atoms with E-state index in [1.807, 2.05) is 0 Å². The predicted molar refractivity (Wildman–Crippen MR) is 56.4 cm³/mol. The van der Waals surface area contributed by atoms with Crippen LogP contribution in [0.2, 0.25) is 0 Å². The van der Waals surface area contributed by atoms with Gasteiger partial charge >= 0.3 is 0 Å². The highest BCUT2D eigenvalue weighted by molar-refractivity contribution is 9.10. The molecule has 1 N–H and O–H groups in total. The molecule has 0 fully saturated rings. The number of rotatable bonds is 1. The van der Waals surface area contributed by atoms with Gasteiger partial charge in [-0.05, 0) is 17.7 Å². The highest BCUT2D eigenvalue weighted by atomic mass is 79.9. The van der Waals surface area contributed by atoms with E-state index in [0.717, 1.165) is 5.41 Å². The van der Waals surface area contributed by atoms with Crippen molar-refractivity contribution < 1.29 is 13.5 Å². The fraction of sp³-hybridized carbons (Fsp3) is 0.111. The van der Waals surface area contributed by atoms with Crippen LogP contribution in [0, 0.1) is 0 Å². The van der Waals surface area contributed by atoms with Crippen molar-refractivity contribution in [1.82, 2.24) is 0 Å². The van der Waals surface area contributed by atoms with Gasteiger partial charge < -0.3 is 5.11 Å². The SMILES string of the molecule is O=S1(=O)C=C(CO)c2c(Br)cccc21. The number of hydrogen-bond acceptors (Lipinski definition) is 3. The molecule has 2 rings (SSSR count). The fourth-order valence-electron chi connectivity index (χ4n) is 1.48. The van der Waals surface area contributed by atoms with Crippen LogP contribution in [0.5, 0.6) is 0 Å². The van der Waals surface area contributed by atoms with Crippen LogP contribution < -0.4 is 0 Å². The van der Waals surface area contributed by atoms with Gasteiger partial charge in [-0.25, -0.2) is 8.42 Å². The summed E-state index contributed by atoms with van der Waals surface area (Å²) in [5.74, 6) is 0. The minimum atomic E-state index is -3.34. The number of fused-ring (bicyclic) bond motifs is 1. The lowest BCUT2D eigenvalue weighted by Crippen LogP contribution is -1.93. The summed E-state index contributed by atoms with van der Waals surface area (Å²) in [6.45, 7) is -0.269. The summed E-state index contributed by atoms with van der Waals surface area (Å²) in [5, 5.41) is 10.1. The first-order valence-electron chi connectivity index (χ1n) is 3.91. The van der Waals surface area contributed by atoms with Crippen LogP contribution in [-0.2, 0) is 9.84 Å². The van der Waals surface area contributed by atoms with Gasteiger partial charge in [-0.1, -0.05) is 22.0 Å². The fourth-order valence-corrected chi connectivity index (χ4v) is 3.72. The summed E-state index contributed by atoms with van der Waals surface area (Å²) in [6, 6.07) is 4.95. The Kier molecular flexibility index (Phi) is 2.25. The van der Waals surface area contributed by atoms with Crippen LogP contribution in [0.15, 0.2) is 33.0 Å². The maximum absolute atomic E-state index is 11.6. The van der Waals surface area contributed by atoms with Crippen molar-refractivity contribution in [2.24, 2.45) is 0 Å². The molecule has 0 bridgehead atoms. The molecule has 0 saturated heterocycles. The molecule has 1 aliphatic heterocycles. The number of aliphatic hydroxyl groups is 1. The topological polar surface area (TPSA) is 54.4 Å². The number of halogens is 1. The molecule has 1 aromatic rings. The zero-order valence-corrected chi connectivity index (χ0v) is 9.47. The van der Waals surface area contributed by atoms with E-state index in [0.29, 0.717) is 15.6 Å². The normalized spacial score (nSPS) is 17.7. The third-order valence-electron chi connectivity index (χ3n) is 2.07. The van der Waals surface area contributed by atoms with Gasteiger partial charge in [0.2, 0.25) is 9.84 Å². The van der Waals surface area contributed by atoms with E-state index < -0.39 is 9.84 Å². The Hall–Kier alpha value is -0.650. The summed E-state index contributed by atoms with van der Waals surface area (Å²) in [4.78, 5) is 0.260. The molecule has 0 atom stereocenters. The molecule has 0 saturated carbocycles. The van der Waals surface area contributed by atoms with Crippen molar-refractivity contribution in [3.8, 4) is 0 Å². The molecule has 1 aromatic carbocycles. The van der Waals surface area contributed by atoms with Crippen molar-refractivity contribution in [2.75, 3.05) is 6.61 Å². The van der Waals surface area contributed by atoms with E-state index in [1.54, 1.807) is 12.1 Å². The van der Waals surface area contributed by atoms with Gasteiger partial charge in [-0.3, -0.25) is 0 Å². The maximum atomic E-state index is 11.6. The van der Waals surface area contributed by atoms with Gasteiger partial charge in [0, 0.05) is 15.4 Å². The zero-order chi connectivity index (χ0) is 10.3. The van der Waals surface area contributed by atoms with Crippen LogP contribution >= 0.6 is 15.9 Å². The largest absolute Gasteiger partial charge is 0.392 e.